The van der Waals surface area contributed by atoms with Crippen molar-refractivity contribution < 1.29 is 29.0 Å². The first-order valence-electron chi connectivity index (χ1n) is 10.8. The number of hydrogen-bond acceptors (Lipinski definition) is 6. The van der Waals surface area contributed by atoms with E-state index in [0.717, 1.165) is 10.6 Å². The molecule has 2 saturated heterocycles. The monoisotopic (exact) mass is 465 g/mol. The first kappa shape index (κ1) is 24.0. The fraction of sp³-hybridized carbons (Fsp3) is 0.545. The van der Waals surface area contributed by atoms with Crippen molar-refractivity contribution in [1.29, 1.82) is 0 Å². The number of carboxylic acids is 1. The maximum atomic E-state index is 13.3. The number of nitrogens with zero attached hydrogens (tertiary/aromatic N) is 2. The summed E-state index contributed by atoms with van der Waals surface area (Å²) in [5.41, 5.74) is 0.973. The van der Waals surface area contributed by atoms with E-state index in [2.05, 4.69) is 5.32 Å². The van der Waals surface area contributed by atoms with Gasteiger partial charge in [0.15, 0.2) is 6.04 Å². The van der Waals surface area contributed by atoms with Crippen molar-refractivity contribution in [3.05, 3.63) is 34.9 Å². The summed E-state index contributed by atoms with van der Waals surface area (Å²) >= 11 is 5.93. The number of amides is 2. The molecule has 2 fully saturated rings. The Morgan fingerprint density at radius 2 is 1.97 bits per heavy atom. The minimum Gasteiger partial charge on any atom is -0.480 e. The quantitative estimate of drug-likeness (QED) is 0.562. The Morgan fingerprint density at radius 3 is 2.62 bits per heavy atom. The van der Waals surface area contributed by atoms with Crippen LogP contribution in [0.2, 0.25) is 5.02 Å². The molecule has 0 aromatic heterocycles. The number of halogens is 1. The summed E-state index contributed by atoms with van der Waals surface area (Å²) in [6, 6.07) is 4.50. The molecule has 10 heteroatoms. The highest BCUT2D eigenvalue weighted by molar-refractivity contribution is 6.30. The van der Waals surface area contributed by atoms with Crippen LogP contribution in [0.1, 0.15) is 44.6 Å². The first-order chi connectivity index (χ1) is 15.3. The van der Waals surface area contributed by atoms with Crippen molar-refractivity contribution in [2.75, 3.05) is 13.2 Å². The smallest absolute Gasteiger partial charge is 0.328 e. The number of hydrogen-bond donors (Lipinski definition) is 2. The molecule has 2 amide bonds. The fourth-order valence-electron chi connectivity index (χ4n) is 4.13. The van der Waals surface area contributed by atoms with Gasteiger partial charge in [0.05, 0.1) is 12.6 Å². The minimum absolute atomic E-state index is 0.0823. The molecule has 0 unspecified atom stereocenters. The predicted molar refractivity (Wildman–Crippen MR) is 116 cm³/mol. The topological polar surface area (TPSA) is 116 Å². The van der Waals surface area contributed by atoms with Crippen LogP contribution in [0.25, 0.3) is 0 Å². The molecule has 9 nitrogen and oxygen atoms in total. The first-order valence-corrected chi connectivity index (χ1v) is 11.2. The average molecular weight is 466 g/mol. The zero-order chi connectivity index (χ0) is 23.3. The summed E-state index contributed by atoms with van der Waals surface area (Å²) in [5.74, 6) is -2.44. The van der Waals surface area contributed by atoms with Crippen LogP contribution in [0, 0.1) is 0 Å². The van der Waals surface area contributed by atoms with Crippen LogP contribution in [-0.4, -0.2) is 70.2 Å². The number of carboxylic acid groups (broad SMARTS) is 1. The fourth-order valence-corrected chi connectivity index (χ4v) is 4.26. The number of aliphatic carboxylic acids is 1. The number of rotatable bonds is 8. The van der Waals surface area contributed by atoms with Gasteiger partial charge in [0.25, 0.3) is 5.91 Å². The molecule has 0 aliphatic carbocycles. The number of ether oxygens (including phenoxy) is 1. The van der Waals surface area contributed by atoms with Crippen molar-refractivity contribution in [1.82, 2.24) is 15.3 Å². The van der Waals surface area contributed by atoms with E-state index in [1.165, 1.54) is 5.01 Å². The molecule has 32 heavy (non-hydrogen) atoms. The Labute approximate surface area is 191 Å². The van der Waals surface area contributed by atoms with Crippen LogP contribution >= 0.6 is 11.6 Å². The Morgan fingerprint density at radius 1 is 1.25 bits per heavy atom. The van der Waals surface area contributed by atoms with Gasteiger partial charge in [0.1, 0.15) is 6.04 Å². The largest absolute Gasteiger partial charge is 0.480 e. The molecule has 1 aromatic rings. The normalized spacial score (nSPS) is 22.2. The maximum Gasteiger partial charge on any atom is 0.328 e. The lowest BCUT2D eigenvalue weighted by Gasteiger charge is -2.42. The second-order valence-corrected chi connectivity index (χ2v) is 8.36. The molecule has 3 rings (SSSR count). The lowest BCUT2D eigenvalue weighted by molar-refractivity contribution is -0.181. The van der Waals surface area contributed by atoms with Gasteiger partial charge in [-0.25, -0.2) is 9.80 Å². The van der Waals surface area contributed by atoms with E-state index >= 15 is 0 Å². The van der Waals surface area contributed by atoms with Crippen LogP contribution in [0.15, 0.2) is 24.3 Å². The van der Waals surface area contributed by atoms with Gasteiger partial charge in [-0.2, -0.15) is 0 Å². The van der Waals surface area contributed by atoms with Crippen molar-refractivity contribution in [3.8, 4) is 0 Å². The predicted octanol–water partition coefficient (Wildman–Crippen LogP) is 1.78. The zero-order valence-corrected chi connectivity index (χ0v) is 18.7. The maximum absolute atomic E-state index is 13.3. The number of nitrogens with one attached hydrogen (secondary N) is 1. The Hall–Kier alpha value is -2.65. The van der Waals surface area contributed by atoms with Crippen molar-refractivity contribution in [3.63, 3.8) is 0 Å². The lowest BCUT2D eigenvalue weighted by atomic mass is 10.0. The van der Waals surface area contributed by atoms with Crippen LogP contribution in [-0.2, 0) is 30.3 Å². The molecule has 0 spiro atoms. The summed E-state index contributed by atoms with van der Waals surface area (Å²) in [6.07, 6.45) is 1.95. The summed E-state index contributed by atoms with van der Waals surface area (Å²) in [5, 5.41) is 15.6. The van der Waals surface area contributed by atoms with Crippen molar-refractivity contribution >= 4 is 35.4 Å². The molecule has 2 heterocycles. The molecule has 0 radical (unpaired) electrons. The highest BCUT2D eigenvalue weighted by atomic mass is 35.5. The Bertz CT molecular complexity index is 862. The summed E-state index contributed by atoms with van der Waals surface area (Å²) in [6.45, 7) is 2.20. The second-order valence-electron chi connectivity index (χ2n) is 7.92. The summed E-state index contributed by atoms with van der Waals surface area (Å²) in [4.78, 5) is 50.2. The SMILES string of the molecule is CCOC(=O)[C@@H](CCc1ccc(Cl)cc1)N[C@H]1CCC(=O)N2CCC[C@@H](C(=O)O)N2C1=O. The second kappa shape index (κ2) is 10.8. The molecule has 0 bridgehead atoms. The van der Waals surface area contributed by atoms with E-state index in [9.17, 15) is 24.3 Å². The highest BCUT2D eigenvalue weighted by Crippen LogP contribution is 2.25. The number of esters is 1. The molecular formula is C22H28ClN3O6. The van der Waals surface area contributed by atoms with E-state index in [-0.39, 0.29) is 31.8 Å². The van der Waals surface area contributed by atoms with Crippen molar-refractivity contribution in [2.24, 2.45) is 0 Å². The van der Waals surface area contributed by atoms with E-state index < -0.39 is 36.0 Å². The molecule has 2 N–H and O–H groups in total. The van der Waals surface area contributed by atoms with Crippen LogP contribution in [0.3, 0.4) is 0 Å². The van der Waals surface area contributed by atoms with Gasteiger partial charge in [-0.15, -0.1) is 0 Å². The van der Waals surface area contributed by atoms with E-state index in [1.54, 1.807) is 19.1 Å². The molecular weight excluding hydrogens is 438 g/mol. The van der Waals surface area contributed by atoms with Crippen molar-refractivity contribution in [2.45, 2.75) is 63.6 Å². The van der Waals surface area contributed by atoms with Crippen LogP contribution in [0.5, 0.6) is 0 Å². The third kappa shape index (κ3) is 5.58. The van der Waals surface area contributed by atoms with Gasteiger partial charge >= 0.3 is 11.9 Å². The number of benzene rings is 1. The highest BCUT2D eigenvalue weighted by Gasteiger charge is 2.45. The number of carbonyl (C=O) groups excluding carboxylic acids is 3. The van der Waals surface area contributed by atoms with Gasteiger partial charge in [0, 0.05) is 18.0 Å². The van der Waals surface area contributed by atoms with Gasteiger partial charge in [-0.3, -0.25) is 24.7 Å². The Balaban J connectivity index is 1.78. The van der Waals surface area contributed by atoms with E-state index in [0.29, 0.717) is 30.8 Å². The minimum atomic E-state index is -1.15. The number of aryl methyl sites for hydroxylation is 1. The molecule has 1 aromatic carbocycles. The standard InChI is InChI=1S/C22H28ClN3O6/c1-2-32-22(31)17(10-7-14-5-8-15(23)9-6-14)24-16-11-12-19(27)25-13-3-4-18(21(29)30)26(25)20(16)28/h5-6,8-9,16-18,24H,2-4,7,10-13H2,1H3,(H,29,30)/t16-,17+,18-/m0/s1. The van der Waals surface area contributed by atoms with E-state index in [1.807, 2.05) is 12.1 Å². The number of fused-ring (bicyclic) bond motifs is 1. The zero-order valence-electron chi connectivity index (χ0n) is 18.0. The average Bonchev–Trinajstić information content (AvgIpc) is 2.89. The number of hydrazine groups is 1. The van der Waals surface area contributed by atoms with Crippen LogP contribution in [0.4, 0.5) is 0 Å². The summed E-state index contributed by atoms with van der Waals surface area (Å²) in [7, 11) is 0. The third-order valence-electron chi connectivity index (χ3n) is 5.75. The van der Waals surface area contributed by atoms with E-state index in [4.69, 9.17) is 16.3 Å². The molecule has 0 saturated carbocycles. The lowest BCUT2D eigenvalue weighted by Crippen LogP contribution is -2.62. The van der Waals surface area contributed by atoms with Gasteiger partial charge in [-0.05, 0) is 56.7 Å². The molecule has 174 valence electrons. The molecule has 2 aliphatic rings. The van der Waals surface area contributed by atoms with Gasteiger partial charge in [0.2, 0.25) is 5.91 Å². The van der Waals surface area contributed by atoms with Gasteiger partial charge < -0.3 is 9.84 Å². The van der Waals surface area contributed by atoms with Crippen LogP contribution < -0.4 is 5.32 Å². The molecule has 3 atom stereocenters. The van der Waals surface area contributed by atoms with Gasteiger partial charge in [-0.1, -0.05) is 23.7 Å². The number of carbonyl (C=O) groups is 4. The summed E-state index contributed by atoms with van der Waals surface area (Å²) < 4.78 is 5.19. The third-order valence-corrected chi connectivity index (χ3v) is 6.01. The molecule has 2 aliphatic heterocycles. The Kier molecular flexibility index (Phi) is 8.09.